The molecule has 1 aromatic carbocycles. The molecule has 1 saturated heterocycles. The van der Waals surface area contributed by atoms with Crippen molar-refractivity contribution in [2.75, 3.05) is 37.2 Å². The number of fused-ring (bicyclic) bond motifs is 1. The van der Waals surface area contributed by atoms with E-state index in [1.807, 2.05) is 5.55 Å². The molecule has 1 amide bonds. The second kappa shape index (κ2) is 9.71. The quantitative estimate of drug-likeness (QED) is 0.461. The van der Waals surface area contributed by atoms with Crippen molar-refractivity contribution in [3.63, 3.8) is 0 Å². The zero-order valence-corrected chi connectivity index (χ0v) is 20.4. The van der Waals surface area contributed by atoms with Crippen LogP contribution < -0.4 is 16.4 Å². The number of aliphatic imine (C=N–C) groups is 1. The second-order valence-electron chi connectivity index (χ2n) is 9.83. The van der Waals surface area contributed by atoms with Gasteiger partial charge in [0.05, 0.1) is 46.6 Å². The fourth-order valence-electron chi connectivity index (χ4n) is 5.31. The number of nitrogen functional groups attached to an aromatic ring is 1. The van der Waals surface area contributed by atoms with E-state index in [1.54, 1.807) is 11.8 Å². The molecule has 12 heteroatoms. The van der Waals surface area contributed by atoms with Crippen LogP contribution in [0.2, 0.25) is 0 Å². The van der Waals surface area contributed by atoms with Crippen LogP contribution in [0.15, 0.2) is 29.3 Å². The molecule has 2 aromatic rings. The van der Waals surface area contributed by atoms with Crippen molar-refractivity contribution < 1.29 is 23.1 Å². The highest BCUT2D eigenvalue weighted by Crippen LogP contribution is 2.40. The Bertz CT molecular complexity index is 1150. The molecular formula is C24H29F3N6O2S. The van der Waals surface area contributed by atoms with Crippen LogP contribution in [0.3, 0.4) is 0 Å². The standard InChI is InChI=1S/C24H29F3N6O2S/c25-24(26,27)14-1-2-18-17(7-14)19(8-21(28)32-18)30-10-22(34)31-15-11-33(12-15)16-3-5-23(35,6-4-16)20-9-29-13-36-20/h1-2,7-8,13,15-16,20,35H,3-6,9-12H2,(H,31,34)(H3,28,30,32)/t16-,20?,23-. The van der Waals surface area contributed by atoms with E-state index >= 15 is 0 Å². The summed E-state index contributed by atoms with van der Waals surface area (Å²) in [6.07, 6.45) is -1.12. The van der Waals surface area contributed by atoms with Crippen LogP contribution in [0, 0.1) is 0 Å². The molecule has 3 heterocycles. The maximum absolute atomic E-state index is 13.2. The summed E-state index contributed by atoms with van der Waals surface area (Å²) in [4.78, 5) is 23.2. The number of likely N-dealkylation sites (tertiary alicyclic amines) is 1. The van der Waals surface area contributed by atoms with E-state index < -0.39 is 17.3 Å². The molecule has 3 aliphatic rings. The summed E-state index contributed by atoms with van der Waals surface area (Å²) in [6, 6.07) is 5.10. The normalized spacial score (nSPS) is 27.2. The summed E-state index contributed by atoms with van der Waals surface area (Å²) in [7, 11) is 0. The molecule has 5 rings (SSSR count). The molecule has 2 fully saturated rings. The Labute approximate surface area is 210 Å². The number of anilines is 2. The zero-order valence-electron chi connectivity index (χ0n) is 19.6. The number of nitrogens with two attached hydrogens (primary N) is 1. The molecule has 8 nitrogen and oxygen atoms in total. The predicted molar refractivity (Wildman–Crippen MR) is 135 cm³/mol. The van der Waals surface area contributed by atoms with Gasteiger partial charge in [0.25, 0.3) is 0 Å². The number of rotatable bonds is 6. The van der Waals surface area contributed by atoms with Crippen molar-refractivity contribution in [1.29, 1.82) is 0 Å². The van der Waals surface area contributed by atoms with Crippen LogP contribution in [-0.2, 0) is 11.0 Å². The molecule has 1 atom stereocenters. The molecule has 1 saturated carbocycles. The van der Waals surface area contributed by atoms with Gasteiger partial charge in [-0.1, -0.05) is 0 Å². The second-order valence-corrected chi connectivity index (χ2v) is 10.9. The smallest absolute Gasteiger partial charge is 0.389 e. The van der Waals surface area contributed by atoms with Crippen LogP contribution >= 0.6 is 11.8 Å². The summed E-state index contributed by atoms with van der Waals surface area (Å²) in [5.74, 6) is -0.0929. The number of carbonyl (C=O) groups excluding carboxylic acids is 1. The van der Waals surface area contributed by atoms with Crippen molar-refractivity contribution in [3.05, 3.63) is 29.8 Å². The van der Waals surface area contributed by atoms with E-state index in [4.69, 9.17) is 5.73 Å². The Hall–Kier alpha value is -2.57. The minimum Gasteiger partial charge on any atom is -0.389 e. The van der Waals surface area contributed by atoms with Gasteiger partial charge in [-0.3, -0.25) is 14.7 Å². The molecule has 2 aliphatic heterocycles. The fraction of sp³-hybridized carbons (Fsp3) is 0.542. The number of halogens is 3. The Morgan fingerprint density at radius 2 is 2.00 bits per heavy atom. The van der Waals surface area contributed by atoms with Crippen molar-refractivity contribution in [3.8, 4) is 0 Å². The lowest BCUT2D eigenvalue weighted by Gasteiger charge is -2.49. The number of hydrogen-bond acceptors (Lipinski definition) is 8. The van der Waals surface area contributed by atoms with Crippen LogP contribution in [0.1, 0.15) is 31.2 Å². The van der Waals surface area contributed by atoms with E-state index in [0.29, 0.717) is 23.8 Å². The van der Waals surface area contributed by atoms with Gasteiger partial charge in [0.15, 0.2) is 0 Å². The minimum absolute atomic E-state index is 0.0231. The fourth-order valence-corrected chi connectivity index (χ4v) is 6.29. The highest BCUT2D eigenvalue weighted by molar-refractivity contribution is 8.13. The average molecular weight is 523 g/mol. The van der Waals surface area contributed by atoms with E-state index in [2.05, 4.69) is 25.5 Å². The topological polar surface area (TPSA) is 116 Å². The highest BCUT2D eigenvalue weighted by Gasteiger charge is 2.44. The van der Waals surface area contributed by atoms with Crippen molar-refractivity contribution in [1.82, 2.24) is 15.2 Å². The van der Waals surface area contributed by atoms with Crippen molar-refractivity contribution in [2.45, 2.75) is 54.8 Å². The molecule has 0 spiro atoms. The van der Waals surface area contributed by atoms with Gasteiger partial charge in [-0.15, -0.1) is 11.8 Å². The van der Waals surface area contributed by atoms with Gasteiger partial charge in [0.2, 0.25) is 5.91 Å². The minimum atomic E-state index is -4.48. The highest BCUT2D eigenvalue weighted by atomic mass is 32.2. The first-order chi connectivity index (χ1) is 17.1. The number of aliphatic hydroxyl groups is 1. The third-order valence-electron chi connectivity index (χ3n) is 7.38. The molecule has 5 N–H and O–H groups in total. The summed E-state index contributed by atoms with van der Waals surface area (Å²) < 4.78 is 39.5. The molecule has 1 aromatic heterocycles. The van der Waals surface area contributed by atoms with Crippen molar-refractivity contribution >= 4 is 45.6 Å². The van der Waals surface area contributed by atoms with Crippen LogP contribution in [0.25, 0.3) is 10.9 Å². The number of nitrogens with zero attached hydrogens (tertiary/aromatic N) is 3. The summed E-state index contributed by atoms with van der Waals surface area (Å²) >= 11 is 1.62. The number of nitrogens with one attached hydrogen (secondary N) is 2. The van der Waals surface area contributed by atoms with E-state index in [9.17, 15) is 23.1 Å². The Morgan fingerprint density at radius 1 is 1.25 bits per heavy atom. The Balaban J connectivity index is 1.11. The first-order valence-corrected chi connectivity index (χ1v) is 13.0. The zero-order chi connectivity index (χ0) is 25.5. The van der Waals surface area contributed by atoms with Gasteiger partial charge in [0.1, 0.15) is 5.82 Å². The van der Waals surface area contributed by atoms with Gasteiger partial charge >= 0.3 is 6.18 Å². The number of aromatic nitrogens is 1. The lowest BCUT2D eigenvalue weighted by molar-refractivity contribution is -0.137. The van der Waals surface area contributed by atoms with Gasteiger partial charge in [-0.25, -0.2) is 4.98 Å². The van der Waals surface area contributed by atoms with Crippen LogP contribution in [-0.4, -0.2) is 75.6 Å². The number of thioether (sulfide) groups is 1. The monoisotopic (exact) mass is 522 g/mol. The summed E-state index contributed by atoms with van der Waals surface area (Å²) in [6.45, 7) is 2.08. The third-order valence-corrected chi connectivity index (χ3v) is 8.56. The number of hydrogen-bond donors (Lipinski definition) is 4. The summed E-state index contributed by atoms with van der Waals surface area (Å²) in [5, 5.41) is 17.3. The predicted octanol–water partition coefficient (Wildman–Crippen LogP) is 2.87. The molecular weight excluding hydrogens is 493 g/mol. The maximum Gasteiger partial charge on any atom is 0.416 e. The first-order valence-electron chi connectivity index (χ1n) is 12.0. The van der Waals surface area contributed by atoms with Crippen molar-refractivity contribution in [2.24, 2.45) is 4.99 Å². The van der Waals surface area contributed by atoms with E-state index in [-0.39, 0.29) is 34.9 Å². The van der Waals surface area contributed by atoms with Gasteiger partial charge in [-0.05, 0) is 43.9 Å². The molecule has 0 bridgehead atoms. The largest absolute Gasteiger partial charge is 0.416 e. The maximum atomic E-state index is 13.2. The lowest BCUT2D eigenvalue weighted by atomic mass is 9.78. The molecule has 1 unspecified atom stereocenters. The van der Waals surface area contributed by atoms with Gasteiger partial charge < -0.3 is 21.5 Å². The van der Waals surface area contributed by atoms with Crippen LogP contribution in [0.4, 0.5) is 24.7 Å². The Morgan fingerprint density at radius 3 is 2.67 bits per heavy atom. The number of pyridine rings is 1. The molecule has 0 radical (unpaired) electrons. The number of benzene rings is 1. The number of amides is 1. The van der Waals surface area contributed by atoms with Gasteiger partial charge in [-0.2, -0.15) is 13.2 Å². The average Bonchev–Trinajstić information content (AvgIpc) is 3.35. The van der Waals surface area contributed by atoms with Crippen LogP contribution in [0.5, 0.6) is 0 Å². The first kappa shape index (κ1) is 25.1. The third kappa shape index (κ3) is 5.25. The SMILES string of the molecule is Nc1cc(NCC(=O)NC2CN([C@H]3CC[C@@](O)(C4CN=CS4)CC3)C2)c2cc(C(F)(F)F)ccc2n1. The number of alkyl halides is 3. The van der Waals surface area contributed by atoms with E-state index in [1.165, 1.54) is 12.1 Å². The molecule has 1 aliphatic carbocycles. The molecule has 36 heavy (non-hydrogen) atoms. The van der Waals surface area contributed by atoms with Gasteiger partial charge in [0, 0.05) is 36.3 Å². The molecule has 194 valence electrons. The summed E-state index contributed by atoms with van der Waals surface area (Å²) in [5.41, 5.74) is 6.84. The Kier molecular flexibility index (Phi) is 6.77. The van der Waals surface area contributed by atoms with E-state index in [0.717, 1.165) is 50.9 Å². The lowest BCUT2D eigenvalue weighted by Crippen LogP contribution is -2.63. The number of carbonyl (C=O) groups is 1.